The average Bonchev–Trinajstić information content (AvgIpc) is 2.58. The molecule has 0 aromatic carbocycles. The molecular formula is C19H35N2O6+. The second kappa shape index (κ2) is 15.2. The molecule has 27 heavy (non-hydrogen) atoms. The van der Waals surface area contributed by atoms with Gasteiger partial charge in [0, 0.05) is 19.3 Å². The first kappa shape index (κ1) is 25.1. The fourth-order valence-corrected chi connectivity index (χ4v) is 3.11. The lowest BCUT2D eigenvalue weighted by Gasteiger charge is -2.38. The minimum Gasteiger partial charge on any atom is -0.481 e. The van der Waals surface area contributed by atoms with Crippen LogP contribution >= 0.6 is 0 Å². The molecule has 0 saturated heterocycles. The van der Waals surface area contributed by atoms with Gasteiger partial charge in [0.1, 0.15) is 6.54 Å². The summed E-state index contributed by atoms with van der Waals surface area (Å²) in [6.45, 7) is 6.00. The fourth-order valence-electron chi connectivity index (χ4n) is 3.11. The van der Waals surface area contributed by atoms with E-state index in [4.69, 9.17) is 10.2 Å². The largest absolute Gasteiger partial charge is 0.481 e. The summed E-state index contributed by atoms with van der Waals surface area (Å²) in [5, 5.41) is 30.1. The molecule has 0 fully saturated rings. The van der Waals surface area contributed by atoms with Crippen LogP contribution in [0.2, 0.25) is 0 Å². The van der Waals surface area contributed by atoms with Crippen LogP contribution in [0.25, 0.3) is 0 Å². The van der Waals surface area contributed by atoms with Gasteiger partial charge in [0.25, 0.3) is 0 Å². The molecule has 4 N–H and O–H groups in total. The van der Waals surface area contributed by atoms with E-state index < -0.39 is 11.9 Å². The Balaban J connectivity index is 4.62. The molecule has 0 aromatic heterocycles. The summed E-state index contributed by atoms with van der Waals surface area (Å²) in [4.78, 5) is 33.5. The molecule has 0 saturated carbocycles. The summed E-state index contributed by atoms with van der Waals surface area (Å²) in [6, 6.07) is 0. The summed E-state index contributed by atoms with van der Waals surface area (Å²) in [7, 11) is 0. The van der Waals surface area contributed by atoms with Crippen molar-refractivity contribution in [2.75, 3.05) is 39.3 Å². The highest BCUT2D eigenvalue weighted by atomic mass is 16.4. The van der Waals surface area contributed by atoms with Gasteiger partial charge >= 0.3 is 11.9 Å². The summed E-state index contributed by atoms with van der Waals surface area (Å²) in [5.41, 5.74) is 0. The lowest BCUT2D eigenvalue weighted by atomic mass is 10.1. The van der Waals surface area contributed by atoms with Crippen LogP contribution in [-0.4, -0.2) is 77.0 Å². The van der Waals surface area contributed by atoms with Gasteiger partial charge in [-0.05, 0) is 19.3 Å². The second-order valence-electron chi connectivity index (χ2n) is 6.84. The van der Waals surface area contributed by atoms with Gasteiger partial charge in [0.05, 0.1) is 45.6 Å². The normalized spacial score (nSPS) is 11.1. The molecule has 0 aliphatic carbocycles. The van der Waals surface area contributed by atoms with E-state index in [0.717, 1.165) is 19.3 Å². The maximum Gasteiger partial charge on any atom is 0.303 e. The van der Waals surface area contributed by atoms with Gasteiger partial charge < -0.3 is 25.1 Å². The van der Waals surface area contributed by atoms with Crippen LogP contribution < -0.4 is 5.32 Å². The van der Waals surface area contributed by atoms with Crippen molar-refractivity contribution in [1.82, 2.24) is 5.32 Å². The number of allylic oxidation sites excluding steroid dienone is 1. The van der Waals surface area contributed by atoms with Crippen molar-refractivity contribution in [3.63, 3.8) is 0 Å². The number of carboxylic acids is 2. The molecule has 0 aliphatic heterocycles. The van der Waals surface area contributed by atoms with Crippen LogP contribution in [0, 0.1) is 0 Å². The van der Waals surface area contributed by atoms with E-state index in [2.05, 4.69) is 11.9 Å². The Bertz CT molecular complexity index is 447. The topological polar surface area (TPSA) is 124 Å². The third kappa shape index (κ3) is 13.9. The van der Waals surface area contributed by atoms with Gasteiger partial charge in [-0.15, -0.1) is 6.58 Å². The van der Waals surface area contributed by atoms with E-state index in [1.165, 1.54) is 0 Å². The molecule has 8 nitrogen and oxygen atoms in total. The van der Waals surface area contributed by atoms with Crippen molar-refractivity contribution < 1.29 is 34.2 Å². The first-order valence-electron chi connectivity index (χ1n) is 9.62. The van der Waals surface area contributed by atoms with Gasteiger partial charge in [0.15, 0.2) is 0 Å². The number of amides is 1. The number of aliphatic hydroxyl groups excluding tert-OH is 1. The number of hydrogen-bond donors (Lipinski definition) is 4. The van der Waals surface area contributed by atoms with E-state index in [9.17, 15) is 19.5 Å². The average molecular weight is 387 g/mol. The number of aliphatic carboxylic acids is 2. The molecule has 0 radical (unpaired) electrons. The van der Waals surface area contributed by atoms with Crippen LogP contribution in [0.3, 0.4) is 0 Å². The predicted octanol–water partition coefficient (Wildman–Crippen LogP) is 1.39. The maximum absolute atomic E-state index is 11.9. The number of hydrogen-bond acceptors (Lipinski definition) is 4. The summed E-state index contributed by atoms with van der Waals surface area (Å²) < 4.78 is 0.411. The molecule has 0 heterocycles. The standard InChI is InChI=1S/C19H34N2O6/c1-2-3-4-5-8-17(23)20-11-14-21(15-16-22,12-6-9-18(24)25)13-7-10-19(26)27/h2,22H,1,3-16H2,(H2-,20,23,24,25,26,27)/p+1. The Hall–Kier alpha value is -1.93. The number of carbonyl (C=O) groups excluding carboxylic acids is 1. The summed E-state index contributed by atoms with van der Waals surface area (Å²) in [5.74, 6) is -1.79. The van der Waals surface area contributed by atoms with Crippen molar-refractivity contribution in [1.29, 1.82) is 0 Å². The lowest BCUT2D eigenvalue weighted by molar-refractivity contribution is -0.927. The minimum absolute atomic E-state index is 0.0278. The number of nitrogens with zero attached hydrogens (tertiary/aromatic N) is 1. The Morgan fingerprint density at radius 3 is 1.93 bits per heavy atom. The van der Waals surface area contributed by atoms with Crippen LogP contribution in [0.15, 0.2) is 12.7 Å². The second-order valence-corrected chi connectivity index (χ2v) is 6.84. The highest BCUT2D eigenvalue weighted by Crippen LogP contribution is 2.12. The van der Waals surface area contributed by atoms with Crippen LogP contribution in [0.4, 0.5) is 0 Å². The molecule has 156 valence electrons. The zero-order chi connectivity index (χ0) is 20.5. The highest BCUT2D eigenvalue weighted by Gasteiger charge is 2.27. The third-order valence-electron chi connectivity index (χ3n) is 4.59. The number of carbonyl (C=O) groups is 3. The quantitative estimate of drug-likeness (QED) is 0.160. The number of carboxylic acid groups (broad SMARTS) is 2. The van der Waals surface area contributed by atoms with Gasteiger partial charge in [-0.2, -0.15) is 0 Å². The first-order valence-corrected chi connectivity index (χ1v) is 9.62. The Morgan fingerprint density at radius 2 is 1.44 bits per heavy atom. The Kier molecular flexibility index (Phi) is 14.1. The number of quaternary nitrogens is 1. The predicted molar refractivity (Wildman–Crippen MR) is 102 cm³/mol. The van der Waals surface area contributed by atoms with E-state index in [0.29, 0.717) is 56.5 Å². The lowest BCUT2D eigenvalue weighted by Crippen LogP contribution is -2.54. The molecule has 0 aliphatic rings. The fraction of sp³-hybridized carbons (Fsp3) is 0.737. The smallest absolute Gasteiger partial charge is 0.303 e. The van der Waals surface area contributed by atoms with E-state index in [1.807, 2.05) is 6.08 Å². The molecule has 0 atom stereocenters. The number of unbranched alkanes of at least 4 members (excludes halogenated alkanes) is 2. The van der Waals surface area contributed by atoms with Crippen LogP contribution in [-0.2, 0) is 14.4 Å². The van der Waals surface area contributed by atoms with Crippen molar-refractivity contribution in [2.45, 2.75) is 51.4 Å². The Morgan fingerprint density at radius 1 is 0.852 bits per heavy atom. The molecule has 0 spiro atoms. The zero-order valence-corrected chi connectivity index (χ0v) is 16.2. The summed E-state index contributed by atoms with van der Waals surface area (Å²) >= 11 is 0. The van der Waals surface area contributed by atoms with Crippen molar-refractivity contribution in [2.24, 2.45) is 0 Å². The van der Waals surface area contributed by atoms with Gasteiger partial charge in [-0.25, -0.2) is 0 Å². The molecule has 0 bridgehead atoms. The number of nitrogens with one attached hydrogen (secondary N) is 1. The van der Waals surface area contributed by atoms with Crippen molar-refractivity contribution in [3.8, 4) is 0 Å². The number of aliphatic hydroxyl groups is 1. The van der Waals surface area contributed by atoms with Crippen LogP contribution in [0.5, 0.6) is 0 Å². The monoisotopic (exact) mass is 387 g/mol. The zero-order valence-electron chi connectivity index (χ0n) is 16.2. The molecule has 0 aromatic rings. The summed E-state index contributed by atoms with van der Waals surface area (Å²) in [6.07, 6.45) is 5.82. The van der Waals surface area contributed by atoms with E-state index >= 15 is 0 Å². The van der Waals surface area contributed by atoms with Gasteiger partial charge in [-0.1, -0.05) is 6.08 Å². The van der Waals surface area contributed by atoms with Gasteiger partial charge in [-0.3, -0.25) is 14.4 Å². The molecule has 0 rings (SSSR count). The van der Waals surface area contributed by atoms with E-state index in [-0.39, 0.29) is 25.4 Å². The molecule has 0 unspecified atom stereocenters. The van der Waals surface area contributed by atoms with Crippen LogP contribution in [0.1, 0.15) is 51.4 Å². The maximum atomic E-state index is 11.9. The van der Waals surface area contributed by atoms with Crippen molar-refractivity contribution >= 4 is 17.8 Å². The Labute approximate surface area is 161 Å². The minimum atomic E-state index is -0.879. The van der Waals surface area contributed by atoms with Crippen molar-refractivity contribution in [3.05, 3.63) is 12.7 Å². The molecule has 1 amide bonds. The SMILES string of the molecule is C=CCCCCC(=O)NCC[N+](CCO)(CCCC(=O)O)CCCC(=O)O. The van der Waals surface area contributed by atoms with Gasteiger partial charge in [0.2, 0.25) is 5.91 Å². The molecular weight excluding hydrogens is 352 g/mol. The number of rotatable bonds is 18. The third-order valence-corrected chi connectivity index (χ3v) is 4.59. The first-order chi connectivity index (χ1) is 12.8. The molecule has 8 heteroatoms. The highest BCUT2D eigenvalue weighted by molar-refractivity contribution is 5.75. The van der Waals surface area contributed by atoms with E-state index in [1.54, 1.807) is 0 Å².